The van der Waals surface area contributed by atoms with Gasteiger partial charge < -0.3 is 0 Å². The number of nitriles is 1. The summed E-state index contributed by atoms with van der Waals surface area (Å²) < 4.78 is 0. The lowest BCUT2D eigenvalue weighted by molar-refractivity contribution is 0.209. The molecule has 0 amide bonds. The second kappa shape index (κ2) is 10.9. The molecule has 0 unspecified atom stereocenters. The van der Waals surface area contributed by atoms with E-state index < -0.39 is 0 Å². The number of hydrogen-bond donors (Lipinski definition) is 0. The number of likely N-dealkylation sites (tertiary alicyclic amines) is 2. The Morgan fingerprint density at radius 3 is 1.75 bits per heavy atom. The normalized spacial score (nSPS) is 19.0. The summed E-state index contributed by atoms with van der Waals surface area (Å²) in [5.74, 6) is 0. The maximum atomic E-state index is 9.21. The molecule has 2 saturated heterocycles. The molecule has 5 heteroatoms. The lowest BCUT2D eigenvalue weighted by Gasteiger charge is -2.30. The van der Waals surface area contributed by atoms with Gasteiger partial charge in [0, 0.05) is 13.1 Å². The molecular formula is C19H29Cl2N3. The minimum atomic E-state index is 0. The van der Waals surface area contributed by atoms with Gasteiger partial charge in [0.05, 0.1) is 11.6 Å². The van der Waals surface area contributed by atoms with Crippen molar-refractivity contribution in [2.75, 3.05) is 26.2 Å². The zero-order valence-electron chi connectivity index (χ0n) is 14.4. The van der Waals surface area contributed by atoms with Crippen molar-refractivity contribution in [3.8, 4) is 6.07 Å². The summed E-state index contributed by atoms with van der Waals surface area (Å²) in [6.45, 7) is 6.93. The Bertz CT molecular complexity index is 530. The minimum Gasteiger partial charge on any atom is -0.299 e. The number of piperidine rings is 2. The first-order chi connectivity index (χ1) is 10.8. The highest BCUT2D eigenvalue weighted by molar-refractivity contribution is 5.85. The summed E-state index contributed by atoms with van der Waals surface area (Å²) in [7, 11) is 0. The quantitative estimate of drug-likeness (QED) is 0.788. The summed E-state index contributed by atoms with van der Waals surface area (Å²) >= 11 is 0. The van der Waals surface area contributed by atoms with E-state index in [9.17, 15) is 5.26 Å². The van der Waals surface area contributed by atoms with E-state index in [1.165, 1.54) is 75.8 Å². The molecule has 2 aliphatic heterocycles. The van der Waals surface area contributed by atoms with E-state index in [2.05, 4.69) is 28.0 Å². The van der Waals surface area contributed by atoms with Gasteiger partial charge in [-0.25, -0.2) is 0 Å². The first kappa shape index (κ1) is 21.3. The monoisotopic (exact) mass is 369 g/mol. The first-order valence-corrected chi connectivity index (χ1v) is 8.82. The predicted molar refractivity (Wildman–Crippen MR) is 104 cm³/mol. The van der Waals surface area contributed by atoms with Crippen LogP contribution in [-0.2, 0) is 13.1 Å². The molecule has 0 saturated carbocycles. The van der Waals surface area contributed by atoms with Crippen LogP contribution in [0.3, 0.4) is 0 Å². The summed E-state index contributed by atoms with van der Waals surface area (Å²) in [6, 6.07) is 8.59. The zero-order chi connectivity index (χ0) is 15.2. The van der Waals surface area contributed by atoms with Crippen LogP contribution in [0.2, 0.25) is 0 Å². The van der Waals surface area contributed by atoms with Crippen LogP contribution in [0.25, 0.3) is 0 Å². The van der Waals surface area contributed by atoms with Crippen LogP contribution in [0.5, 0.6) is 0 Å². The maximum absolute atomic E-state index is 9.21. The molecule has 0 spiro atoms. The fourth-order valence-electron chi connectivity index (χ4n) is 3.71. The summed E-state index contributed by atoms with van der Waals surface area (Å²) in [6.07, 6.45) is 8.05. The van der Waals surface area contributed by atoms with Gasteiger partial charge in [-0.3, -0.25) is 9.80 Å². The van der Waals surface area contributed by atoms with Crippen LogP contribution < -0.4 is 0 Å². The topological polar surface area (TPSA) is 30.3 Å². The zero-order valence-corrected chi connectivity index (χ0v) is 16.0. The van der Waals surface area contributed by atoms with Crippen LogP contribution in [0.4, 0.5) is 0 Å². The third-order valence-electron chi connectivity index (χ3n) is 5.02. The fraction of sp³-hybridized carbons (Fsp3) is 0.632. The average molecular weight is 370 g/mol. The Morgan fingerprint density at radius 1 is 0.750 bits per heavy atom. The third-order valence-corrected chi connectivity index (χ3v) is 5.02. The Hall–Kier alpha value is -0.790. The smallest absolute Gasteiger partial charge is 0.0991 e. The highest BCUT2D eigenvalue weighted by atomic mass is 35.5. The van der Waals surface area contributed by atoms with Gasteiger partial charge in [-0.2, -0.15) is 5.26 Å². The Kier molecular flexibility index (Phi) is 9.69. The molecule has 0 atom stereocenters. The Morgan fingerprint density at radius 2 is 1.25 bits per heavy atom. The van der Waals surface area contributed by atoms with Gasteiger partial charge in [0.15, 0.2) is 0 Å². The van der Waals surface area contributed by atoms with Crippen LogP contribution in [0.1, 0.15) is 55.2 Å². The van der Waals surface area contributed by atoms with Gasteiger partial charge in [0.25, 0.3) is 0 Å². The molecule has 2 heterocycles. The van der Waals surface area contributed by atoms with E-state index in [1.54, 1.807) is 0 Å². The molecule has 0 aliphatic carbocycles. The van der Waals surface area contributed by atoms with Gasteiger partial charge in [-0.05, 0) is 75.1 Å². The van der Waals surface area contributed by atoms with Crippen molar-refractivity contribution in [2.45, 2.75) is 51.6 Å². The second-order valence-corrected chi connectivity index (χ2v) is 6.77. The average Bonchev–Trinajstić information content (AvgIpc) is 2.58. The second-order valence-electron chi connectivity index (χ2n) is 6.77. The number of nitrogens with zero attached hydrogens (tertiary/aromatic N) is 3. The molecule has 2 aliphatic rings. The van der Waals surface area contributed by atoms with Gasteiger partial charge in [-0.15, -0.1) is 24.8 Å². The molecule has 3 rings (SSSR count). The van der Waals surface area contributed by atoms with E-state index in [1.807, 2.05) is 6.07 Å². The number of hydrogen-bond acceptors (Lipinski definition) is 3. The highest BCUT2D eigenvalue weighted by Gasteiger charge is 2.16. The van der Waals surface area contributed by atoms with Crippen molar-refractivity contribution >= 4 is 24.8 Å². The molecule has 2 fully saturated rings. The van der Waals surface area contributed by atoms with Crippen molar-refractivity contribution in [3.63, 3.8) is 0 Å². The van der Waals surface area contributed by atoms with Crippen molar-refractivity contribution in [2.24, 2.45) is 0 Å². The molecule has 3 nitrogen and oxygen atoms in total. The van der Waals surface area contributed by atoms with E-state index in [4.69, 9.17) is 0 Å². The van der Waals surface area contributed by atoms with E-state index in [0.717, 1.165) is 18.7 Å². The van der Waals surface area contributed by atoms with E-state index >= 15 is 0 Å². The van der Waals surface area contributed by atoms with Crippen LogP contribution >= 0.6 is 24.8 Å². The lowest BCUT2D eigenvalue weighted by atomic mass is 10.0. The summed E-state index contributed by atoms with van der Waals surface area (Å²) in [5.41, 5.74) is 3.59. The van der Waals surface area contributed by atoms with Crippen molar-refractivity contribution in [3.05, 3.63) is 34.9 Å². The van der Waals surface area contributed by atoms with E-state index in [-0.39, 0.29) is 24.8 Å². The van der Waals surface area contributed by atoms with Gasteiger partial charge >= 0.3 is 0 Å². The molecule has 1 aromatic carbocycles. The van der Waals surface area contributed by atoms with Crippen LogP contribution in [-0.4, -0.2) is 36.0 Å². The Labute approximate surface area is 158 Å². The summed E-state index contributed by atoms with van der Waals surface area (Å²) in [4.78, 5) is 5.13. The maximum Gasteiger partial charge on any atom is 0.0991 e. The number of halogens is 2. The molecule has 134 valence electrons. The predicted octanol–water partition coefficient (Wildman–Crippen LogP) is 4.37. The molecule has 1 aromatic rings. The fourth-order valence-corrected chi connectivity index (χ4v) is 3.71. The largest absolute Gasteiger partial charge is 0.299 e. The number of benzene rings is 1. The molecule has 0 bridgehead atoms. The summed E-state index contributed by atoms with van der Waals surface area (Å²) in [5, 5.41) is 9.21. The molecule has 0 aromatic heterocycles. The van der Waals surface area contributed by atoms with Gasteiger partial charge in [-0.1, -0.05) is 18.9 Å². The standard InChI is InChI=1S/C19H27N3.2ClH/c20-14-17-7-8-18(15-21-9-3-1-4-10-21)19(13-17)16-22-11-5-2-6-12-22;;/h7-8,13H,1-6,9-12,15-16H2;2*1H. The van der Waals surface area contributed by atoms with Crippen LogP contribution in [0.15, 0.2) is 18.2 Å². The van der Waals surface area contributed by atoms with Crippen molar-refractivity contribution < 1.29 is 0 Å². The van der Waals surface area contributed by atoms with Crippen LogP contribution in [0, 0.1) is 11.3 Å². The third kappa shape index (κ3) is 5.93. The van der Waals surface area contributed by atoms with E-state index in [0.29, 0.717) is 0 Å². The van der Waals surface area contributed by atoms with Gasteiger partial charge in [0.1, 0.15) is 0 Å². The lowest BCUT2D eigenvalue weighted by Crippen LogP contribution is -2.31. The molecule has 0 radical (unpaired) electrons. The first-order valence-electron chi connectivity index (χ1n) is 8.82. The molecule has 0 N–H and O–H groups in total. The van der Waals surface area contributed by atoms with Gasteiger partial charge in [0.2, 0.25) is 0 Å². The SMILES string of the molecule is Cl.Cl.N#Cc1ccc(CN2CCCCC2)c(CN2CCCCC2)c1. The molecule has 24 heavy (non-hydrogen) atoms. The Balaban J connectivity index is 0.00000144. The molecular weight excluding hydrogens is 341 g/mol. The van der Waals surface area contributed by atoms with Crippen molar-refractivity contribution in [1.29, 1.82) is 5.26 Å². The number of rotatable bonds is 4. The highest BCUT2D eigenvalue weighted by Crippen LogP contribution is 2.20. The van der Waals surface area contributed by atoms with Crippen molar-refractivity contribution in [1.82, 2.24) is 9.80 Å². The minimum absolute atomic E-state index is 0.